The Labute approximate surface area is 131 Å². The zero-order chi connectivity index (χ0) is 15.9. The molecular weight excluding hydrogens is 280 g/mol. The molecule has 0 aliphatic rings. The van der Waals surface area contributed by atoms with Crippen LogP contribution in [0.3, 0.4) is 0 Å². The third-order valence-corrected chi connectivity index (χ3v) is 3.70. The van der Waals surface area contributed by atoms with Gasteiger partial charge >= 0.3 is 0 Å². The molecule has 0 aliphatic carbocycles. The summed E-state index contributed by atoms with van der Waals surface area (Å²) >= 11 is 0. The first-order valence-corrected chi connectivity index (χ1v) is 7.84. The Balaban J connectivity index is 2.07. The summed E-state index contributed by atoms with van der Waals surface area (Å²) in [6.07, 6.45) is 1.61. The lowest BCUT2D eigenvalue weighted by molar-refractivity contribution is 0.0948. The van der Waals surface area contributed by atoms with Crippen LogP contribution in [0.4, 0.5) is 0 Å². The fourth-order valence-electron chi connectivity index (χ4n) is 2.41. The fourth-order valence-corrected chi connectivity index (χ4v) is 2.41. The minimum absolute atomic E-state index is 0.105. The maximum atomic E-state index is 12.3. The first-order valence-electron chi connectivity index (χ1n) is 7.84. The van der Waals surface area contributed by atoms with Gasteiger partial charge in [0, 0.05) is 18.7 Å². The van der Waals surface area contributed by atoms with Crippen LogP contribution in [0.15, 0.2) is 28.9 Å². The Bertz CT molecular complexity index is 617. The monoisotopic (exact) mass is 304 g/mol. The van der Waals surface area contributed by atoms with Crippen LogP contribution in [0.5, 0.6) is 5.75 Å². The van der Waals surface area contributed by atoms with Gasteiger partial charge in [0.2, 0.25) is 0 Å². The number of rotatable bonds is 8. The average molecular weight is 304 g/mol. The van der Waals surface area contributed by atoms with Crippen LogP contribution >= 0.6 is 0 Å². The van der Waals surface area contributed by atoms with E-state index in [0.717, 1.165) is 25.0 Å². The van der Waals surface area contributed by atoms with Crippen LogP contribution in [0.25, 0.3) is 11.0 Å². The summed E-state index contributed by atoms with van der Waals surface area (Å²) < 4.78 is 11.0. The number of hydrogen-bond acceptors (Lipinski definition) is 4. The molecule has 1 amide bonds. The lowest BCUT2D eigenvalue weighted by Gasteiger charge is -2.18. The second kappa shape index (κ2) is 7.84. The Morgan fingerprint density at radius 2 is 2.05 bits per heavy atom. The smallest absolute Gasteiger partial charge is 0.251 e. The second-order valence-electron chi connectivity index (χ2n) is 5.02. The van der Waals surface area contributed by atoms with E-state index in [4.69, 9.17) is 9.15 Å². The van der Waals surface area contributed by atoms with Gasteiger partial charge in [-0.3, -0.25) is 4.79 Å². The summed E-state index contributed by atoms with van der Waals surface area (Å²) in [5.74, 6) is 0.578. The van der Waals surface area contributed by atoms with E-state index in [2.05, 4.69) is 24.1 Å². The minimum Gasteiger partial charge on any atom is -0.493 e. The molecule has 0 spiro atoms. The van der Waals surface area contributed by atoms with Crippen LogP contribution in [-0.4, -0.2) is 43.6 Å². The molecule has 0 atom stereocenters. The van der Waals surface area contributed by atoms with E-state index < -0.39 is 0 Å². The second-order valence-corrected chi connectivity index (χ2v) is 5.02. The molecule has 1 aromatic heterocycles. The summed E-state index contributed by atoms with van der Waals surface area (Å²) in [6.45, 7) is 10.1. The maximum absolute atomic E-state index is 12.3. The fraction of sp³-hybridized carbons (Fsp3) is 0.471. The third-order valence-electron chi connectivity index (χ3n) is 3.70. The molecule has 0 aliphatic heterocycles. The third kappa shape index (κ3) is 3.80. The zero-order valence-corrected chi connectivity index (χ0v) is 13.5. The summed E-state index contributed by atoms with van der Waals surface area (Å²) in [5, 5.41) is 3.84. The van der Waals surface area contributed by atoms with Gasteiger partial charge in [0.15, 0.2) is 0 Å². The normalized spacial score (nSPS) is 11.1. The highest BCUT2D eigenvalue weighted by molar-refractivity contribution is 5.99. The molecule has 1 aromatic carbocycles. The van der Waals surface area contributed by atoms with E-state index in [0.29, 0.717) is 30.0 Å². The minimum atomic E-state index is -0.105. The molecule has 1 heterocycles. The number of carbonyl (C=O) groups excluding carboxylic acids is 1. The molecule has 5 nitrogen and oxygen atoms in total. The van der Waals surface area contributed by atoms with Crippen LogP contribution in [0, 0.1) is 0 Å². The summed E-state index contributed by atoms with van der Waals surface area (Å²) in [4.78, 5) is 14.6. The maximum Gasteiger partial charge on any atom is 0.251 e. The number of amides is 1. The number of furan rings is 1. The van der Waals surface area contributed by atoms with E-state index in [1.54, 1.807) is 18.4 Å². The van der Waals surface area contributed by atoms with Gasteiger partial charge in [0.05, 0.1) is 18.3 Å². The van der Waals surface area contributed by atoms with E-state index in [1.807, 2.05) is 13.0 Å². The molecule has 0 saturated heterocycles. The van der Waals surface area contributed by atoms with E-state index in [1.165, 1.54) is 0 Å². The number of nitrogens with one attached hydrogen (secondary N) is 1. The van der Waals surface area contributed by atoms with Crippen molar-refractivity contribution in [1.82, 2.24) is 10.2 Å². The summed E-state index contributed by atoms with van der Waals surface area (Å²) in [6, 6.07) is 5.38. The SMILES string of the molecule is CCOc1cc(C(=O)NCCN(CC)CC)cc2occc12. The molecule has 0 saturated carbocycles. The topological polar surface area (TPSA) is 54.7 Å². The van der Waals surface area contributed by atoms with Gasteiger partial charge in [-0.15, -0.1) is 0 Å². The summed E-state index contributed by atoms with van der Waals surface area (Å²) in [5.41, 5.74) is 1.23. The molecule has 2 rings (SSSR count). The molecule has 0 fully saturated rings. The van der Waals surface area contributed by atoms with Gasteiger partial charge in [-0.25, -0.2) is 0 Å². The average Bonchev–Trinajstić information content (AvgIpc) is 3.00. The van der Waals surface area contributed by atoms with E-state index in [-0.39, 0.29) is 5.91 Å². The van der Waals surface area contributed by atoms with Crippen molar-refractivity contribution in [3.05, 3.63) is 30.0 Å². The van der Waals surface area contributed by atoms with Crippen molar-refractivity contribution in [1.29, 1.82) is 0 Å². The van der Waals surface area contributed by atoms with Crippen molar-refractivity contribution in [2.45, 2.75) is 20.8 Å². The van der Waals surface area contributed by atoms with E-state index >= 15 is 0 Å². The van der Waals surface area contributed by atoms with Crippen molar-refractivity contribution >= 4 is 16.9 Å². The lowest BCUT2D eigenvalue weighted by Crippen LogP contribution is -2.34. The molecule has 0 radical (unpaired) electrons. The van der Waals surface area contributed by atoms with Crippen LogP contribution in [0.1, 0.15) is 31.1 Å². The predicted molar refractivity (Wildman–Crippen MR) is 87.5 cm³/mol. The molecule has 2 aromatic rings. The molecule has 22 heavy (non-hydrogen) atoms. The number of likely N-dealkylation sites (N-methyl/N-ethyl adjacent to an activating group) is 1. The van der Waals surface area contributed by atoms with Crippen molar-refractivity contribution in [2.24, 2.45) is 0 Å². The quantitative estimate of drug-likeness (QED) is 0.815. The summed E-state index contributed by atoms with van der Waals surface area (Å²) in [7, 11) is 0. The zero-order valence-electron chi connectivity index (χ0n) is 13.5. The van der Waals surface area contributed by atoms with E-state index in [9.17, 15) is 4.79 Å². The van der Waals surface area contributed by atoms with Gasteiger partial charge in [-0.2, -0.15) is 0 Å². The molecule has 0 bridgehead atoms. The number of benzene rings is 1. The van der Waals surface area contributed by atoms with Gasteiger partial charge in [0.25, 0.3) is 5.91 Å². The number of fused-ring (bicyclic) bond motifs is 1. The number of nitrogens with zero attached hydrogens (tertiary/aromatic N) is 1. The number of ether oxygens (including phenoxy) is 1. The molecule has 1 N–H and O–H groups in total. The highest BCUT2D eigenvalue weighted by Crippen LogP contribution is 2.28. The van der Waals surface area contributed by atoms with Crippen molar-refractivity contribution in [3.63, 3.8) is 0 Å². The Hall–Kier alpha value is -2.01. The lowest BCUT2D eigenvalue weighted by atomic mass is 10.1. The molecule has 0 unspecified atom stereocenters. The van der Waals surface area contributed by atoms with Crippen LogP contribution in [0.2, 0.25) is 0 Å². The standard InChI is InChI=1S/C17H24N2O3/c1-4-19(5-2)9-8-18-17(20)13-11-15(21-6-3)14-7-10-22-16(14)12-13/h7,10-12H,4-6,8-9H2,1-3H3,(H,18,20). The van der Waals surface area contributed by atoms with Crippen LogP contribution in [-0.2, 0) is 0 Å². The van der Waals surface area contributed by atoms with Gasteiger partial charge < -0.3 is 19.4 Å². The Kier molecular flexibility index (Phi) is 5.83. The van der Waals surface area contributed by atoms with Crippen molar-refractivity contribution in [3.8, 4) is 5.75 Å². The Morgan fingerprint density at radius 1 is 1.27 bits per heavy atom. The first kappa shape index (κ1) is 16.4. The first-order chi connectivity index (χ1) is 10.7. The molecular formula is C17H24N2O3. The molecule has 120 valence electrons. The van der Waals surface area contributed by atoms with Gasteiger partial charge in [-0.05, 0) is 38.2 Å². The number of carbonyl (C=O) groups is 1. The highest BCUT2D eigenvalue weighted by atomic mass is 16.5. The molecule has 5 heteroatoms. The van der Waals surface area contributed by atoms with Gasteiger partial charge in [0.1, 0.15) is 11.3 Å². The van der Waals surface area contributed by atoms with Crippen LogP contribution < -0.4 is 10.1 Å². The van der Waals surface area contributed by atoms with Crippen molar-refractivity contribution in [2.75, 3.05) is 32.8 Å². The predicted octanol–water partition coefficient (Wildman–Crippen LogP) is 2.90. The largest absolute Gasteiger partial charge is 0.493 e. The van der Waals surface area contributed by atoms with Gasteiger partial charge in [-0.1, -0.05) is 13.8 Å². The highest BCUT2D eigenvalue weighted by Gasteiger charge is 2.13. The van der Waals surface area contributed by atoms with Crippen molar-refractivity contribution < 1.29 is 13.9 Å². The number of hydrogen-bond donors (Lipinski definition) is 1. The Morgan fingerprint density at radius 3 is 2.73 bits per heavy atom.